The summed E-state index contributed by atoms with van der Waals surface area (Å²) in [7, 11) is 0. The van der Waals surface area contributed by atoms with E-state index in [0.717, 1.165) is 12.1 Å². The first-order chi connectivity index (χ1) is 9.70. The van der Waals surface area contributed by atoms with E-state index in [0.29, 0.717) is 11.5 Å². The lowest BCUT2D eigenvalue weighted by atomic mass is 10.1. The molecule has 0 spiro atoms. The van der Waals surface area contributed by atoms with Gasteiger partial charge in [-0.3, -0.25) is 9.36 Å². The number of rotatable bonds is 2. The minimum atomic E-state index is -0.190. The summed E-state index contributed by atoms with van der Waals surface area (Å²) in [5.74, 6) is 0.604. The second kappa shape index (κ2) is 4.85. The van der Waals surface area contributed by atoms with Crippen LogP contribution in [-0.4, -0.2) is 19.5 Å². The fourth-order valence-corrected chi connectivity index (χ4v) is 2.20. The lowest BCUT2D eigenvalue weighted by Gasteiger charge is -2.10. The molecule has 0 aliphatic heterocycles. The van der Waals surface area contributed by atoms with Crippen LogP contribution in [0, 0.1) is 6.92 Å². The zero-order chi connectivity index (χ0) is 14.1. The van der Waals surface area contributed by atoms with E-state index in [1.807, 2.05) is 24.3 Å². The van der Waals surface area contributed by atoms with Gasteiger partial charge in [0.15, 0.2) is 11.2 Å². The van der Waals surface area contributed by atoms with Gasteiger partial charge in [-0.1, -0.05) is 19.1 Å². The number of fused-ring (bicyclic) bond motifs is 1. The summed E-state index contributed by atoms with van der Waals surface area (Å²) in [6.07, 6.45) is 4.01. The normalized spacial score (nSPS) is 10.9. The van der Waals surface area contributed by atoms with E-state index in [4.69, 9.17) is 0 Å². The summed E-state index contributed by atoms with van der Waals surface area (Å²) in [6.45, 7) is 3.89. The molecule has 3 aromatic rings. The summed E-state index contributed by atoms with van der Waals surface area (Å²) >= 11 is 0. The van der Waals surface area contributed by atoms with E-state index >= 15 is 0 Å². The first-order valence-electron chi connectivity index (χ1n) is 6.50. The summed E-state index contributed by atoms with van der Waals surface area (Å²) in [5.41, 5.74) is 2.51. The molecule has 0 saturated heterocycles. The van der Waals surface area contributed by atoms with E-state index in [-0.39, 0.29) is 11.1 Å². The highest BCUT2D eigenvalue weighted by atomic mass is 16.1. The van der Waals surface area contributed by atoms with Crippen molar-refractivity contribution >= 4 is 11.2 Å². The van der Waals surface area contributed by atoms with E-state index in [1.54, 1.807) is 11.5 Å². The Morgan fingerprint density at radius 1 is 1.10 bits per heavy atom. The highest BCUT2D eigenvalue weighted by Gasteiger charge is 2.11. The van der Waals surface area contributed by atoms with Gasteiger partial charge in [-0.15, -0.1) is 0 Å². The number of hydrogen-bond donors (Lipinski definition) is 0. The van der Waals surface area contributed by atoms with Crippen molar-refractivity contribution < 1.29 is 0 Å². The Morgan fingerprint density at radius 3 is 2.50 bits per heavy atom. The highest BCUT2D eigenvalue weighted by molar-refractivity contribution is 5.68. The molecule has 0 radical (unpaired) electrons. The van der Waals surface area contributed by atoms with Crippen LogP contribution < -0.4 is 5.56 Å². The van der Waals surface area contributed by atoms with Gasteiger partial charge in [0.25, 0.3) is 5.56 Å². The van der Waals surface area contributed by atoms with E-state index < -0.39 is 0 Å². The molecule has 0 N–H and O–H groups in total. The molecule has 0 unspecified atom stereocenters. The van der Waals surface area contributed by atoms with Crippen LogP contribution in [0.2, 0.25) is 0 Å². The van der Waals surface area contributed by atoms with Gasteiger partial charge in [0.05, 0.1) is 5.69 Å². The number of aryl methyl sites for hydroxylation is 2. The Bertz CT molecular complexity index is 821. The maximum Gasteiger partial charge on any atom is 0.286 e. The SMILES string of the molecule is CCc1ccc(-n2c(C)nc3nccnc3c2=O)cc1. The van der Waals surface area contributed by atoms with Crippen LogP contribution in [0.15, 0.2) is 41.5 Å². The molecule has 2 heterocycles. The van der Waals surface area contributed by atoms with Gasteiger partial charge in [0, 0.05) is 12.4 Å². The fourth-order valence-electron chi connectivity index (χ4n) is 2.20. The average molecular weight is 266 g/mol. The monoisotopic (exact) mass is 266 g/mol. The third kappa shape index (κ3) is 1.97. The molecular formula is C15H14N4O. The zero-order valence-corrected chi connectivity index (χ0v) is 11.4. The minimum absolute atomic E-state index is 0.190. The molecule has 0 aliphatic rings. The Hall–Kier alpha value is -2.56. The van der Waals surface area contributed by atoms with E-state index in [1.165, 1.54) is 18.0 Å². The molecule has 5 heteroatoms. The Balaban J connectivity index is 2.27. The van der Waals surface area contributed by atoms with E-state index in [9.17, 15) is 4.79 Å². The van der Waals surface area contributed by atoms with Crippen LogP contribution in [0.5, 0.6) is 0 Å². The second-order valence-electron chi connectivity index (χ2n) is 4.55. The average Bonchev–Trinajstić information content (AvgIpc) is 2.48. The number of aromatic nitrogens is 4. The number of nitrogens with zero attached hydrogens (tertiary/aromatic N) is 4. The molecule has 1 aromatic carbocycles. The lowest BCUT2D eigenvalue weighted by molar-refractivity contribution is 0.881. The molecule has 0 atom stereocenters. The summed E-state index contributed by atoms with van der Waals surface area (Å²) < 4.78 is 1.57. The van der Waals surface area contributed by atoms with Gasteiger partial charge < -0.3 is 0 Å². The molecule has 0 fully saturated rings. The zero-order valence-electron chi connectivity index (χ0n) is 11.4. The third-order valence-corrected chi connectivity index (χ3v) is 3.28. The molecule has 5 nitrogen and oxygen atoms in total. The first-order valence-corrected chi connectivity index (χ1v) is 6.50. The van der Waals surface area contributed by atoms with Gasteiger partial charge in [0.2, 0.25) is 0 Å². The van der Waals surface area contributed by atoms with Crippen LogP contribution >= 0.6 is 0 Å². The van der Waals surface area contributed by atoms with Crippen molar-refractivity contribution in [1.82, 2.24) is 19.5 Å². The minimum Gasteiger partial charge on any atom is -0.266 e. The molecule has 0 aliphatic carbocycles. The Morgan fingerprint density at radius 2 is 1.80 bits per heavy atom. The topological polar surface area (TPSA) is 60.7 Å². The lowest BCUT2D eigenvalue weighted by Crippen LogP contribution is -2.23. The maximum absolute atomic E-state index is 12.5. The Labute approximate surface area is 116 Å². The van der Waals surface area contributed by atoms with Crippen LogP contribution in [0.1, 0.15) is 18.3 Å². The summed E-state index contributed by atoms with van der Waals surface area (Å²) in [4.78, 5) is 25.0. The molecular weight excluding hydrogens is 252 g/mol. The predicted octanol–water partition coefficient (Wildman–Crippen LogP) is 2.05. The van der Waals surface area contributed by atoms with Crippen molar-refractivity contribution in [3.63, 3.8) is 0 Å². The highest BCUT2D eigenvalue weighted by Crippen LogP contribution is 2.11. The van der Waals surface area contributed by atoms with Gasteiger partial charge >= 0.3 is 0 Å². The molecule has 100 valence electrons. The first kappa shape index (κ1) is 12.5. The molecule has 0 bridgehead atoms. The van der Waals surface area contributed by atoms with Crippen LogP contribution in [0.4, 0.5) is 0 Å². The largest absolute Gasteiger partial charge is 0.286 e. The second-order valence-corrected chi connectivity index (χ2v) is 4.55. The summed E-state index contributed by atoms with van der Waals surface area (Å²) in [5, 5.41) is 0. The van der Waals surface area contributed by atoms with Crippen LogP contribution in [0.25, 0.3) is 16.9 Å². The molecule has 2 aromatic heterocycles. The third-order valence-electron chi connectivity index (χ3n) is 3.28. The van der Waals surface area contributed by atoms with E-state index in [2.05, 4.69) is 21.9 Å². The van der Waals surface area contributed by atoms with Crippen LogP contribution in [-0.2, 0) is 6.42 Å². The smallest absolute Gasteiger partial charge is 0.266 e. The standard InChI is InChI=1S/C15H14N4O/c1-3-11-4-6-12(7-5-11)19-10(2)18-14-13(15(19)20)16-8-9-17-14/h4-9H,3H2,1-2H3. The van der Waals surface area contributed by atoms with Crippen molar-refractivity contribution in [1.29, 1.82) is 0 Å². The Kier molecular flexibility index (Phi) is 3.02. The maximum atomic E-state index is 12.5. The quantitative estimate of drug-likeness (QED) is 0.712. The van der Waals surface area contributed by atoms with Gasteiger partial charge in [-0.2, -0.15) is 0 Å². The molecule has 0 saturated carbocycles. The fraction of sp³-hybridized carbons (Fsp3) is 0.200. The number of benzene rings is 1. The van der Waals surface area contributed by atoms with Crippen LogP contribution in [0.3, 0.4) is 0 Å². The van der Waals surface area contributed by atoms with Crippen molar-refractivity contribution in [3.8, 4) is 5.69 Å². The van der Waals surface area contributed by atoms with Crippen molar-refractivity contribution in [2.75, 3.05) is 0 Å². The van der Waals surface area contributed by atoms with Crippen molar-refractivity contribution in [2.45, 2.75) is 20.3 Å². The predicted molar refractivity (Wildman–Crippen MR) is 77.0 cm³/mol. The molecule has 0 amide bonds. The molecule has 20 heavy (non-hydrogen) atoms. The van der Waals surface area contributed by atoms with Gasteiger partial charge in [-0.25, -0.2) is 15.0 Å². The van der Waals surface area contributed by atoms with Crippen molar-refractivity contribution in [2.24, 2.45) is 0 Å². The molecule has 3 rings (SSSR count). The van der Waals surface area contributed by atoms with Crippen molar-refractivity contribution in [3.05, 3.63) is 58.4 Å². The summed E-state index contributed by atoms with van der Waals surface area (Å²) in [6, 6.07) is 7.89. The van der Waals surface area contributed by atoms with Gasteiger partial charge in [0.1, 0.15) is 5.82 Å². The van der Waals surface area contributed by atoms with Gasteiger partial charge in [-0.05, 0) is 31.0 Å². The number of hydrogen-bond acceptors (Lipinski definition) is 4.